The van der Waals surface area contributed by atoms with E-state index < -0.39 is 38.1 Å². The van der Waals surface area contributed by atoms with Gasteiger partial charge in [0.15, 0.2) is 6.61 Å². The van der Waals surface area contributed by atoms with Crippen LogP contribution in [0.25, 0.3) is 0 Å². The van der Waals surface area contributed by atoms with Crippen molar-refractivity contribution in [3.05, 3.63) is 57.6 Å². The lowest BCUT2D eigenvalue weighted by molar-refractivity contribution is -0.385. The summed E-state index contributed by atoms with van der Waals surface area (Å²) in [4.78, 5) is 20.2. The van der Waals surface area contributed by atoms with Crippen molar-refractivity contribution in [2.75, 3.05) is 18.0 Å². The first-order chi connectivity index (χ1) is 12.1. The number of sulfonamides is 1. The molecular formula is C15H13ClN2O7S. The van der Waals surface area contributed by atoms with E-state index in [1.807, 2.05) is 0 Å². The Morgan fingerprint density at radius 3 is 2.42 bits per heavy atom. The SMILES string of the molecule is CN(c1ccc(OCC(=O)O)cc1)S(=O)(=O)c1cc([N+](=O)[O-])ccc1Cl. The maximum atomic E-state index is 12.7. The van der Waals surface area contributed by atoms with E-state index in [0.717, 1.165) is 22.5 Å². The molecule has 0 atom stereocenters. The van der Waals surface area contributed by atoms with Crippen LogP contribution >= 0.6 is 11.6 Å². The van der Waals surface area contributed by atoms with Crippen molar-refractivity contribution in [2.45, 2.75) is 4.90 Å². The number of non-ortho nitro benzene ring substituents is 1. The fourth-order valence-electron chi connectivity index (χ4n) is 1.99. The highest BCUT2D eigenvalue weighted by atomic mass is 35.5. The Morgan fingerprint density at radius 1 is 1.27 bits per heavy atom. The van der Waals surface area contributed by atoms with Gasteiger partial charge in [0, 0.05) is 19.2 Å². The van der Waals surface area contributed by atoms with Crippen LogP contribution in [0.4, 0.5) is 11.4 Å². The number of hydrogen-bond donors (Lipinski definition) is 1. The van der Waals surface area contributed by atoms with Crippen molar-refractivity contribution >= 4 is 39.0 Å². The number of hydrogen-bond acceptors (Lipinski definition) is 6. The monoisotopic (exact) mass is 400 g/mol. The number of rotatable bonds is 7. The number of benzene rings is 2. The number of ether oxygens (including phenoxy) is 1. The zero-order chi connectivity index (χ0) is 19.5. The molecule has 0 aliphatic carbocycles. The molecule has 0 unspecified atom stereocenters. The van der Waals surface area contributed by atoms with E-state index >= 15 is 0 Å². The van der Waals surface area contributed by atoms with Gasteiger partial charge >= 0.3 is 5.97 Å². The number of nitrogens with zero attached hydrogens (tertiary/aromatic N) is 2. The normalized spacial score (nSPS) is 11.0. The summed E-state index contributed by atoms with van der Waals surface area (Å²) < 4.78 is 31.3. The lowest BCUT2D eigenvalue weighted by Crippen LogP contribution is -2.26. The molecule has 0 aliphatic rings. The molecule has 138 valence electrons. The minimum atomic E-state index is -4.16. The van der Waals surface area contributed by atoms with Crippen LogP contribution in [-0.2, 0) is 14.8 Å². The smallest absolute Gasteiger partial charge is 0.341 e. The summed E-state index contributed by atoms with van der Waals surface area (Å²) >= 11 is 5.91. The first kappa shape index (κ1) is 19.5. The van der Waals surface area contributed by atoms with Crippen molar-refractivity contribution in [1.82, 2.24) is 0 Å². The molecule has 26 heavy (non-hydrogen) atoms. The first-order valence-electron chi connectivity index (χ1n) is 7.00. The Balaban J connectivity index is 2.33. The quantitative estimate of drug-likeness (QED) is 0.558. The standard InChI is InChI=1S/C15H13ClN2O7S/c1-17(10-2-5-12(6-3-10)25-9-15(19)20)26(23,24)14-8-11(18(21)22)4-7-13(14)16/h2-8H,9H2,1H3,(H,19,20). The summed E-state index contributed by atoms with van der Waals surface area (Å²) in [6, 6.07) is 8.75. The number of carboxylic acid groups (broad SMARTS) is 1. The number of halogens is 1. The second-order valence-corrected chi connectivity index (χ2v) is 7.37. The largest absolute Gasteiger partial charge is 0.482 e. The third-order valence-electron chi connectivity index (χ3n) is 3.33. The zero-order valence-electron chi connectivity index (χ0n) is 13.3. The molecule has 0 aromatic heterocycles. The van der Waals surface area contributed by atoms with Gasteiger partial charge in [-0.25, -0.2) is 13.2 Å². The number of aliphatic carboxylic acids is 1. The molecule has 9 nitrogen and oxygen atoms in total. The number of carboxylic acids is 1. The van der Waals surface area contributed by atoms with Crippen molar-refractivity contribution < 1.29 is 28.0 Å². The lowest BCUT2D eigenvalue weighted by atomic mass is 10.3. The molecule has 0 fully saturated rings. The molecule has 0 saturated carbocycles. The summed E-state index contributed by atoms with van der Waals surface area (Å²) in [5, 5.41) is 19.3. The molecule has 1 N–H and O–H groups in total. The molecule has 0 radical (unpaired) electrons. The molecule has 0 heterocycles. The van der Waals surface area contributed by atoms with Gasteiger partial charge in [0.25, 0.3) is 15.7 Å². The molecule has 0 aliphatic heterocycles. The van der Waals surface area contributed by atoms with Crippen molar-refractivity contribution in [3.8, 4) is 5.75 Å². The Bertz CT molecular complexity index is 945. The fourth-order valence-corrected chi connectivity index (χ4v) is 3.68. The number of anilines is 1. The van der Waals surface area contributed by atoms with E-state index in [1.165, 1.54) is 31.3 Å². The van der Waals surface area contributed by atoms with E-state index in [1.54, 1.807) is 0 Å². The average Bonchev–Trinajstić information content (AvgIpc) is 2.59. The highest BCUT2D eigenvalue weighted by Gasteiger charge is 2.26. The molecule has 11 heteroatoms. The maximum absolute atomic E-state index is 12.7. The summed E-state index contributed by atoms with van der Waals surface area (Å²) in [6.45, 7) is -0.531. The average molecular weight is 401 g/mol. The summed E-state index contributed by atoms with van der Waals surface area (Å²) in [5.74, 6) is -0.899. The van der Waals surface area contributed by atoms with Gasteiger partial charge in [-0.15, -0.1) is 0 Å². The van der Waals surface area contributed by atoms with Gasteiger partial charge in [-0.3, -0.25) is 14.4 Å². The third-order valence-corrected chi connectivity index (χ3v) is 5.59. The predicted octanol–water partition coefficient (Wildman–Crippen LogP) is 2.54. The maximum Gasteiger partial charge on any atom is 0.341 e. The minimum Gasteiger partial charge on any atom is -0.482 e. The van der Waals surface area contributed by atoms with Crippen LogP contribution in [0.3, 0.4) is 0 Å². The number of nitro benzene ring substituents is 1. The summed E-state index contributed by atoms with van der Waals surface area (Å²) in [6.07, 6.45) is 0. The third kappa shape index (κ3) is 4.21. The highest BCUT2D eigenvalue weighted by molar-refractivity contribution is 7.93. The Hall–Kier alpha value is -2.85. The molecule has 0 bridgehead atoms. The summed E-state index contributed by atoms with van der Waals surface area (Å²) in [5.41, 5.74) is -0.172. The Labute approximate surface area is 153 Å². The zero-order valence-corrected chi connectivity index (χ0v) is 14.9. The van der Waals surface area contributed by atoms with Gasteiger partial charge in [0.2, 0.25) is 0 Å². The van der Waals surface area contributed by atoms with Gasteiger partial charge in [0.1, 0.15) is 10.6 Å². The number of nitro groups is 1. The van der Waals surface area contributed by atoms with Crippen LogP contribution in [0, 0.1) is 10.1 Å². The molecule has 2 aromatic carbocycles. The second kappa shape index (κ2) is 7.58. The fraction of sp³-hybridized carbons (Fsp3) is 0.133. The molecule has 2 rings (SSSR count). The van der Waals surface area contributed by atoms with Crippen molar-refractivity contribution in [1.29, 1.82) is 0 Å². The van der Waals surface area contributed by atoms with Gasteiger partial charge in [0.05, 0.1) is 15.6 Å². The van der Waals surface area contributed by atoms with Crippen LogP contribution < -0.4 is 9.04 Å². The van der Waals surface area contributed by atoms with E-state index in [-0.39, 0.29) is 16.5 Å². The molecule has 0 saturated heterocycles. The van der Waals surface area contributed by atoms with Gasteiger partial charge in [-0.05, 0) is 30.3 Å². The Morgan fingerprint density at radius 2 is 1.88 bits per heavy atom. The van der Waals surface area contributed by atoms with Crippen LogP contribution in [0.15, 0.2) is 47.4 Å². The van der Waals surface area contributed by atoms with E-state index in [4.69, 9.17) is 21.4 Å². The molecule has 2 aromatic rings. The van der Waals surface area contributed by atoms with Crippen LogP contribution in [0.5, 0.6) is 5.75 Å². The second-order valence-electron chi connectivity index (χ2n) is 5.02. The van der Waals surface area contributed by atoms with Crippen LogP contribution in [0.2, 0.25) is 5.02 Å². The van der Waals surface area contributed by atoms with Crippen LogP contribution in [0.1, 0.15) is 0 Å². The highest BCUT2D eigenvalue weighted by Crippen LogP contribution is 2.31. The topological polar surface area (TPSA) is 127 Å². The first-order valence-corrected chi connectivity index (χ1v) is 8.82. The minimum absolute atomic E-state index is 0.149. The van der Waals surface area contributed by atoms with Gasteiger partial charge < -0.3 is 9.84 Å². The van der Waals surface area contributed by atoms with Gasteiger partial charge in [-0.1, -0.05) is 11.6 Å². The predicted molar refractivity (Wildman–Crippen MR) is 93.3 cm³/mol. The number of carbonyl (C=O) groups is 1. The molecule has 0 spiro atoms. The summed E-state index contributed by atoms with van der Waals surface area (Å²) in [7, 11) is -2.89. The van der Waals surface area contributed by atoms with Crippen molar-refractivity contribution in [2.24, 2.45) is 0 Å². The lowest BCUT2D eigenvalue weighted by Gasteiger charge is -2.20. The van der Waals surface area contributed by atoms with E-state index in [0.29, 0.717) is 0 Å². The van der Waals surface area contributed by atoms with Gasteiger partial charge in [-0.2, -0.15) is 0 Å². The van der Waals surface area contributed by atoms with Crippen molar-refractivity contribution in [3.63, 3.8) is 0 Å². The van der Waals surface area contributed by atoms with E-state index in [2.05, 4.69) is 0 Å². The van der Waals surface area contributed by atoms with E-state index in [9.17, 15) is 23.3 Å². The Kier molecular flexibility index (Phi) is 5.68. The molecular weight excluding hydrogens is 388 g/mol. The van der Waals surface area contributed by atoms with Crippen LogP contribution in [-0.4, -0.2) is 38.1 Å². The molecule has 0 amide bonds.